The van der Waals surface area contributed by atoms with Crippen molar-refractivity contribution in [1.29, 1.82) is 10.5 Å². The van der Waals surface area contributed by atoms with Gasteiger partial charge in [-0.05, 0) is 83.3 Å². The van der Waals surface area contributed by atoms with Crippen LogP contribution in [-0.2, 0) is 0 Å². The van der Waals surface area contributed by atoms with Gasteiger partial charge in [0.25, 0.3) is 0 Å². The predicted molar refractivity (Wildman–Crippen MR) is 221 cm³/mol. The molecule has 1 unspecified atom stereocenters. The summed E-state index contributed by atoms with van der Waals surface area (Å²) in [6.45, 7) is 0. The Morgan fingerprint density at radius 1 is 0.537 bits per heavy atom. The van der Waals surface area contributed by atoms with Crippen LogP contribution in [0.1, 0.15) is 34.6 Å². The number of fused-ring (bicyclic) bond motifs is 6. The number of benzene rings is 7. The van der Waals surface area contributed by atoms with E-state index in [9.17, 15) is 10.5 Å². The van der Waals surface area contributed by atoms with Crippen LogP contribution in [0.15, 0.2) is 176 Å². The highest BCUT2D eigenvalue weighted by Gasteiger charge is 2.27. The summed E-state index contributed by atoms with van der Waals surface area (Å²) >= 11 is 0. The zero-order valence-corrected chi connectivity index (χ0v) is 29.3. The minimum absolute atomic E-state index is 0.0607. The molecule has 10 rings (SSSR count). The second-order valence-electron chi connectivity index (χ2n) is 13.8. The largest absolute Gasteiger partial charge is 0.309 e. The Morgan fingerprint density at radius 3 is 2.13 bits per heavy atom. The van der Waals surface area contributed by atoms with Crippen molar-refractivity contribution in [2.45, 2.75) is 12.3 Å². The van der Waals surface area contributed by atoms with Crippen molar-refractivity contribution in [1.82, 2.24) is 9.13 Å². The molecular weight excluding hydrogens is 657 g/mol. The highest BCUT2D eigenvalue weighted by atomic mass is 15.0. The van der Waals surface area contributed by atoms with Crippen molar-refractivity contribution in [3.8, 4) is 34.6 Å². The molecule has 0 N–H and O–H groups in total. The van der Waals surface area contributed by atoms with E-state index >= 15 is 0 Å². The Morgan fingerprint density at radius 2 is 1.24 bits per heavy atom. The summed E-state index contributed by atoms with van der Waals surface area (Å²) in [7, 11) is 0. The van der Waals surface area contributed by atoms with Crippen LogP contribution in [0.4, 0.5) is 0 Å². The van der Waals surface area contributed by atoms with Gasteiger partial charge in [0.1, 0.15) is 6.07 Å². The number of allylic oxidation sites excluding steroid dienone is 4. The lowest BCUT2D eigenvalue weighted by atomic mass is 9.78. The zero-order chi connectivity index (χ0) is 36.2. The van der Waals surface area contributed by atoms with E-state index in [0.29, 0.717) is 11.1 Å². The average Bonchev–Trinajstić information content (AvgIpc) is 3.76. The molecule has 4 heteroatoms. The first kappa shape index (κ1) is 31.3. The van der Waals surface area contributed by atoms with Crippen molar-refractivity contribution in [2.24, 2.45) is 0 Å². The fourth-order valence-electron chi connectivity index (χ4n) is 8.73. The normalized spacial score (nSPS) is 14.0. The SMILES string of the molecule is N#Cc1ccc2c(c1)c1c(C3=CC=CCC3c3ccccc3-c3cccc4c5ccccc5n(-c5ccccc5)c34)cccc1n2-c1ccccc1C#N. The standard InChI is InChI=1S/C50H32N4/c51-31-33-28-29-47-44(30-33)49-41(22-13-27-48(49)54(47)45-25-10-4-14-34(45)32-52)38-19-7-5-17-36(38)37-18-6-8-20-39(37)42-23-12-24-43-40-21-9-11-26-46(40)53(50(42)43)35-15-2-1-3-16-35/h1-16,18-30,36H,17H2. The average molecular weight is 689 g/mol. The van der Waals surface area contributed by atoms with E-state index in [1.165, 1.54) is 44.1 Å². The van der Waals surface area contributed by atoms with Crippen molar-refractivity contribution in [2.75, 3.05) is 0 Å². The summed E-state index contributed by atoms with van der Waals surface area (Å²) in [6, 6.07) is 59.8. The van der Waals surface area contributed by atoms with Gasteiger partial charge in [-0.15, -0.1) is 0 Å². The minimum Gasteiger partial charge on any atom is -0.309 e. The van der Waals surface area contributed by atoms with Crippen LogP contribution < -0.4 is 0 Å². The maximum Gasteiger partial charge on any atom is 0.101 e. The number of nitrogens with zero attached hydrogens (tertiary/aromatic N) is 4. The van der Waals surface area contributed by atoms with Gasteiger partial charge in [0.05, 0.1) is 45.0 Å². The molecule has 7 aromatic carbocycles. The van der Waals surface area contributed by atoms with Crippen molar-refractivity contribution in [3.05, 3.63) is 198 Å². The van der Waals surface area contributed by atoms with Gasteiger partial charge in [0.15, 0.2) is 0 Å². The lowest BCUT2D eigenvalue weighted by Crippen LogP contribution is -2.07. The van der Waals surface area contributed by atoms with Crippen LogP contribution >= 0.6 is 0 Å². The second-order valence-corrected chi connectivity index (χ2v) is 13.8. The number of nitriles is 2. The van der Waals surface area contributed by atoms with Gasteiger partial charge in [0.2, 0.25) is 0 Å². The second kappa shape index (κ2) is 12.7. The quantitative estimate of drug-likeness (QED) is 0.181. The van der Waals surface area contributed by atoms with Gasteiger partial charge in [-0.25, -0.2) is 0 Å². The third-order valence-corrected chi connectivity index (χ3v) is 11.0. The first-order valence-electron chi connectivity index (χ1n) is 18.3. The molecule has 4 nitrogen and oxygen atoms in total. The topological polar surface area (TPSA) is 57.4 Å². The van der Waals surface area contributed by atoms with Crippen LogP contribution in [-0.4, -0.2) is 9.13 Å². The van der Waals surface area contributed by atoms with E-state index in [0.717, 1.165) is 45.2 Å². The number of hydrogen-bond donors (Lipinski definition) is 0. The summed E-state index contributed by atoms with van der Waals surface area (Å²) < 4.78 is 4.59. The Labute approximate surface area is 313 Å². The van der Waals surface area contributed by atoms with E-state index in [4.69, 9.17) is 0 Å². The Kier molecular flexibility index (Phi) is 7.36. The maximum atomic E-state index is 10.1. The Balaban J connectivity index is 1.22. The summed E-state index contributed by atoms with van der Waals surface area (Å²) in [5.74, 6) is 0.0607. The molecule has 2 aromatic heterocycles. The molecule has 54 heavy (non-hydrogen) atoms. The third-order valence-electron chi connectivity index (χ3n) is 11.0. The van der Waals surface area contributed by atoms with Crippen LogP contribution in [0.5, 0.6) is 0 Å². The predicted octanol–water partition coefficient (Wildman–Crippen LogP) is 12.4. The minimum atomic E-state index is 0.0607. The smallest absolute Gasteiger partial charge is 0.101 e. The molecule has 0 spiro atoms. The van der Waals surface area contributed by atoms with Crippen LogP contribution in [0.25, 0.3) is 71.7 Å². The molecule has 0 fully saturated rings. The molecule has 1 atom stereocenters. The summed E-state index contributed by atoms with van der Waals surface area (Å²) in [6.07, 6.45) is 7.55. The van der Waals surface area contributed by atoms with Gasteiger partial charge in [-0.1, -0.05) is 121 Å². The molecule has 0 bridgehead atoms. The van der Waals surface area contributed by atoms with Gasteiger partial charge in [-0.2, -0.15) is 10.5 Å². The number of aromatic nitrogens is 2. The first-order chi connectivity index (χ1) is 26.7. The molecule has 0 saturated carbocycles. The van der Waals surface area contributed by atoms with Gasteiger partial charge >= 0.3 is 0 Å². The molecule has 1 aliphatic carbocycles. The first-order valence-corrected chi connectivity index (χ1v) is 18.3. The Hall–Kier alpha value is -7.40. The number of rotatable bonds is 5. The molecular formula is C50H32N4. The molecule has 252 valence electrons. The highest BCUT2D eigenvalue weighted by molar-refractivity contribution is 6.16. The summed E-state index contributed by atoms with van der Waals surface area (Å²) in [4.78, 5) is 0. The van der Waals surface area contributed by atoms with E-state index in [2.05, 4.69) is 155 Å². The molecule has 0 saturated heterocycles. The van der Waals surface area contributed by atoms with E-state index in [1.807, 2.05) is 42.5 Å². The molecule has 0 amide bonds. The summed E-state index contributed by atoms with van der Waals surface area (Å²) in [5, 5.41) is 24.7. The zero-order valence-electron chi connectivity index (χ0n) is 29.3. The van der Waals surface area contributed by atoms with E-state index in [-0.39, 0.29) is 5.92 Å². The molecule has 0 radical (unpaired) electrons. The van der Waals surface area contributed by atoms with Crippen LogP contribution in [0.2, 0.25) is 0 Å². The highest BCUT2D eigenvalue weighted by Crippen LogP contribution is 2.47. The summed E-state index contributed by atoms with van der Waals surface area (Å²) in [5.41, 5.74) is 13.5. The number of hydrogen-bond acceptors (Lipinski definition) is 2. The molecule has 1 aliphatic rings. The fourth-order valence-corrected chi connectivity index (χ4v) is 8.73. The lowest BCUT2D eigenvalue weighted by molar-refractivity contribution is 0.877. The van der Waals surface area contributed by atoms with E-state index < -0.39 is 0 Å². The van der Waals surface area contributed by atoms with E-state index in [1.54, 1.807) is 0 Å². The molecule has 2 heterocycles. The van der Waals surface area contributed by atoms with Crippen molar-refractivity contribution < 1.29 is 0 Å². The Bertz CT molecular complexity index is 3100. The van der Waals surface area contributed by atoms with Gasteiger partial charge < -0.3 is 9.13 Å². The monoisotopic (exact) mass is 688 g/mol. The molecule has 0 aliphatic heterocycles. The van der Waals surface area contributed by atoms with Crippen LogP contribution in [0, 0.1) is 22.7 Å². The van der Waals surface area contributed by atoms with Crippen molar-refractivity contribution in [3.63, 3.8) is 0 Å². The fraction of sp³-hybridized carbons (Fsp3) is 0.0400. The lowest BCUT2D eigenvalue weighted by Gasteiger charge is -2.26. The van der Waals surface area contributed by atoms with Gasteiger partial charge in [0, 0.05) is 38.7 Å². The maximum absolute atomic E-state index is 10.1. The van der Waals surface area contributed by atoms with Crippen LogP contribution in [0.3, 0.4) is 0 Å². The van der Waals surface area contributed by atoms with Crippen molar-refractivity contribution >= 4 is 49.2 Å². The third kappa shape index (κ3) is 4.75. The van der Waals surface area contributed by atoms with Gasteiger partial charge in [-0.3, -0.25) is 0 Å². The molecule has 9 aromatic rings. The number of para-hydroxylation sites is 4.